The maximum Gasteiger partial charge on any atom is 0.305 e. The fourth-order valence-corrected chi connectivity index (χ4v) is 1.59. The second kappa shape index (κ2) is 5.48. The van der Waals surface area contributed by atoms with Crippen LogP contribution in [0.25, 0.3) is 0 Å². The molecule has 1 amide bonds. The molecule has 0 radical (unpaired) electrons. The van der Waals surface area contributed by atoms with Gasteiger partial charge in [-0.3, -0.25) is 9.59 Å². The molecule has 0 aliphatic rings. The standard InChI is InChI=1S/C13H17NO3/c1-9-6-4-5-7-11(9)13(17)14(3)10(2)8-12(15)16/h4-7,10H,8H2,1-3H3,(H,15,16). The van der Waals surface area contributed by atoms with E-state index in [1.807, 2.05) is 19.1 Å². The number of amides is 1. The lowest BCUT2D eigenvalue weighted by Gasteiger charge is -2.24. The van der Waals surface area contributed by atoms with Gasteiger partial charge in [0.05, 0.1) is 6.42 Å². The molecule has 0 bridgehead atoms. The van der Waals surface area contributed by atoms with Crippen molar-refractivity contribution in [3.05, 3.63) is 35.4 Å². The van der Waals surface area contributed by atoms with Crippen molar-refractivity contribution in [2.24, 2.45) is 0 Å². The quantitative estimate of drug-likeness (QED) is 0.867. The van der Waals surface area contributed by atoms with Crippen molar-refractivity contribution in [3.8, 4) is 0 Å². The van der Waals surface area contributed by atoms with Gasteiger partial charge in [-0.15, -0.1) is 0 Å². The molecule has 1 aromatic rings. The van der Waals surface area contributed by atoms with Crippen molar-refractivity contribution in [1.82, 2.24) is 4.90 Å². The average molecular weight is 235 g/mol. The maximum absolute atomic E-state index is 12.1. The maximum atomic E-state index is 12.1. The Morgan fingerprint density at radius 2 is 1.94 bits per heavy atom. The van der Waals surface area contributed by atoms with Crippen LogP contribution in [0, 0.1) is 6.92 Å². The molecule has 0 saturated carbocycles. The number of carboxylic acid groups (broad SMARTS) is 1. The fraction of sp³-hybridized carbons (Fsp3) is 0.385. The number of hydrogen-bond donors (Lipinski definition) is 1. The van der Waals surface area contributed by atoms with E-state index >= 15 is 0 Å². The second-order valence-electron chi connectivity index (χ2n) is 4.18. The zero-order valence-electron chi connectivity index (χ0n) is 10.3. The van der Waals surface area contributed by atoms with Crippen molar-refractivity contribution < 1.29 is 14.7 Å². The molecule has 1 unspecified atom stereocenters. The molecule has 0 heterocycles. The summed E-state index contributed by atoms with van der Waals surface area (Å²) in [6.45, 7) is 3.59. The van der Waals surface area contributed by atoms with E-state index in [1.54, 1.807) is 26.1 Å². The topological polar surface area (TPSA) is 57.6 Å². The van der Waals surface area contributed by atoms with E-state index in [9.17, 15) is 9.59 Å². The van der Waals surface area contributed by atoms with Gasteiger partial charge in [-0.2, -0.15) is 0 Å². The molecule has 1 aromatic carbocycles. The van der Waals surface area contributed by atoms with Gasteiger partial charge in [-0.05, 0) is 25.5 Å². The van der Waals surface area contributed by atoms with Crippen LogP contribution in [0.15, 0.2) is 24.3 Å². The number of rotatable bonds is 4. The third-order valence-corrected chi connectivity index (χ3v) is 2.83. The largest absolute Gasteiger partial charge is 0.481 e. The van der Waals surface area contributed by atoms with Gasteiger partial charge >= 0.3 is 5.97 Å². The number of nitrogens with zero attached hydrogens (tertiary/aromatic N) is 1. The normalized spacial score (nSPS) is 11.9. The Hall–Kier alpha value is -1.84. The summed E-state index contributed by atoms with van der Waals surface area (Å²) >= 11 is 0. The lowest BCUT2D eigenvalue weighted by atomic mass is 10.1. The van der Waals surface area contributed by atoms with E-state index in [4.69, 9.17) is 5.11 Å². The second-order valence-corrected chi connectivity index (χ2v) is 4.18. The Balaban J connectivity index is 2.83. The number of carbonyl (C=O) groups excluding carboxylic acids is 1. The summed E-state index contributed by atoms with van der Waals surface area (Å²) in [7, 11) is 1.63. The highest BCUT2D eigenvalue weighted by Gasteiger charge is 2.20. The van der Waals surface area contributed by atoms with Crippen LogP contribution >= 0.6 is 0 Å². The highest BCUT2D eigenvalue weighted by Crippen LogP contribution is 2.12. The van der Waals surface area contributed by atoms with Crippen molar-refractivity contribution in [2.75, 3.05) is 7.05 Å². The van der Waals surface area contributed by atoms with Crippen LogP contribution < -0.4 is 0 Å². The Labute approximate surface area is 101 Å². The summed E-state index contributed by atoms with van der Waals surface area (Å²) in [5.74, 6) is -1.04. The van der Waals surface area contributed by atoms with E-state index in [0.717, 1.165) is 5.56 Å². The highest BCUT2D eigenvalue weighted by atomic mass is 16.4. The first kappa shape index (κ1) is 13.2. The van der Waals surface area contributed by atoms with Gasteiger partial charge in [0.2, 0.25) is 0 Å². The van der Waals surface area contributed by atoms with Gasteiger partial charge in [-0.25, -0.2) is 0 Å². The zero-order chi connectivity index (χ0) is 13.0. The molecule has 0 aliphatic heterocycles. The lowest BCUT2D eigenvalue weighted by Crippen LogP contribution is -2.36. The number of aryl methyl sites for hydroxylation is 1. The third kappa shape index (κ3) is 3.31. The van der Waals surface area contributed by atoms with E-state index < -0.39 is 5.97 Å². The van der Waals surface area contributed by atoms with E-state index in [0.29, 0.717) is 5.56 Å². The molecule has 4 nitrogen and oxygen atoms in total. The first-order valence-electron chi connectivity index (χ1n) is 5.48. The Morgan fingerprint density at radius 1 is 1.35 bits per heavy atom. The van der Waals surface area contributed by atoms with Gasteiger partial charge < -0.3 is 10.0 Å². The summed E-state index contributed by atoms with van der Waals surface area (Å²) in [5, 5.41) is 8.70. The van der Waals surface area contributed by atoms with Crippen LogP contribution in [-0.4, -0.2) is 35.0 Å². The first-order valence-corrected chi connectivity index (χ1v) is 5.48. The summed E-state index contributed by atoms with van der Waals surface area (Å²) < 4.78 is 0. The molecule has 1 N–H and O–H groups in total. The number of aliphatic carboxylic acids is 1. The molecule has 1 atom stereocenters. The van der Waals surface area contributed by atoms with Crippen LogP contribution in [0.4, 0.5) is 0 Å². The lowest BCUT2D eigenvalue weighted by molar-refractivity contribution is -0.137. The minimum absolute atomic E-state index is 0.0475. The van der Waals surface area contributed by atoms with E-state index in [2.05, 4.69) is 0 Å². The molecule has 0 aromatic heterocycles. The zero-order valence-corrected chi connectivity index (χ0v) is 10.3. The monoisotopic (exact) mass is 235 g/mol. The molecule has 0 saturated heterocycles. The molecule has 92 valence electrons. The summed E-state index contributed by atoms with van der Waals surface area (Å²) in [5.41, 5.74) is 1.51. The van der Waals surface area contributed by atoms with Crippen molar-refractivity contribution in [1.29, 1.82) is 0 Å². The fourth-order valence-electron chi connectivity index (χ4n) is 1.59. The van der Waals surface area contributed by atoms with Crippen LogP contribution in [0.5, 0.6) is 0 Å². The minimum atomic E-state index is -0.901. The first-order chi connectivity index (χ1) is 7.93. The molecule has 17 heavy (non-hydrogen) atoms. The van der Waals surface area contributed by atoms with Gasteiger partial charge in [0.1, 0.15) is 0 Å². The average Bonchev–Trinajstić information content (AvgIpc) is 2.27. The number of carboxylic acids is 1. The number of benzene rings is 1. The van der Waals surface area contributed by atoms with Crippen molar-refractivity contribution in [3.63, 3.8) is 0 Å². The van der Waals surface area contributed by atoms with E-state index in [-0.39, 0.29) is 18.4 Å². The minimum Gasteiger partial charge on any atom is -0.481 e. The third-order valence-electron chi connectivity index (χ3n) is 2.83. The molecule has 0 aliphatic carbocycles. The Morgan fingerprint density at radius 3 is 2.47 bits per heavy atom. The van der Waals surface area contributed by atoms with Gasteiger partial charge in [0, 0.05) is 18.7 Å². The van der Waals surface area contributed by atoms with Crippen molar-refractivity contribution in [2.45, 2.75) is 26.3 Å². The number of hydrogen-bond acceptors (Lipinski definition) is 2. The van der Waals surface area contributed by atoms with Crippen LogP contribution in [0.3, 0.4) is 0 Å². The molecule has 0 spiro atoms. The molecule has 4 heteroatoms. The van der Waals surface area contributed by atoms with Crippen LogP contribution in [0.1, 0.15) is 29.3 Å². The Kier molecular flexibility index (Phi) is 4.26. The van der Waals surface area contributed by atoms with Crippen LogP contribution in [0.2, 0.25) is 0 Å². The smallest absolute Gasteiger partial charge is 0.305 e. The highest BCUT2D eigenvalue weighted by molar-refractivity contribution is 5.95. The predicted molar refractivity (Wildman–Crippen MR) is 65.0 cm³/mol. The number of carbonyl (C=O) groups is 2. The molecule has 1 rings (SSSR count). The molecule has 0 fully saturated rings. The van der Waals surface area contributed by atoms with Gasteiger partial charge in [0.25, 0.3) is 5.91 Å². The predicted octanol–water partition coefficient (Wildman–Crippen LogP) is 1.93. The van der Waals surface area contributed by atoms with Crippen LogP contribution in [-0.2, 0) is 4.79 Å². The van der Waals surface area contributed by atoms with Crippen molar-refractivity contribution >= 4 is 11.9 Å². The molecular weight excluding hydrogens is 218 g/mol. The Bertz CT molecular complexity index is 428. The summed E-state index contributed by atoms with van der Waals surface area (Å²) in [6, 6.07) is 6.97. The van der Waals surface area contributed by atoms with Gasteiger partial charge in [0.15, 0.2) is 0 Å². The SMILES string of the molecule is Cc1ccccc1C(=O)N(C)C(C)CC(=O)O. The summed E-state index contributed by atoms with van der Waals surface area (Å²) in [4.78, 5) is 24.2. The van der Waals surface area contributed by atoms with Gasteiger partial charge in [-0.1, -0.05) is 18.2 Å². The summed E-state index contributed by atoms with van der Waals surface area (Å²) in [6.07, 6.45) is -0.0475. The van der Waals surface area contributed by atoms with E-state index in [1.165, 1.54) is 4.90 Å². The molecular formula is C13H17NO3.